The van der Waals surface area contributed by atoms with Gasteiger partial charge in [-0.3, -0.25) is 0 Å². The summed E-state index contributed by atoms with van der Waals surface area (Å²) in [5.74, 6) is 0. The highest BCUT2D eigenvalue weighted by atomic mass is 32.1. The Morgan fingerprint density at radius 1 is 0.862 bits per heavy atom. The number of isothiocyanates is 1. The Hall–Kier alpha value is -2.36. The van der Waals surface area contributed by atoms with Crippen LogP contribution in [0.25, 0.3) is 0 Å². The molecule has 0 atom stereocenters. The van der Waals surface area contributed by atoms with Gasteiger partial charge in [-0.25, -0.2) is 0 Å². The smallest absolute Gasteiger partial charge is 0.239 e. The van der Waals surface area contributed by atoms with Crippen molar-refractivity contribution in [2.75, 3.05) is 6.61 Å². The Morgan fingerprint density at radius 2 is 1.45 bits per heavy atom. The van der Waals surface area contributed by atoms with E-state index in [4.69, 9.17) is 16.6 Å². The first kappa shape index (κ1) is 21.3. The molecule has 0 bridgehead atoms. The van der Waals surface area contributed by atoms with Crippen molar-refractivity contribution >= 4 is 42.5 Å². The predicted molar refractivity (Wildman–Crippen MR) is 129 cm³/mol. The molecule has 0 heterocycles. The van der Waals surface area contributed by atoms with Crippen molar-refractivity contribution in [1.29, 1.82) is 0 Å². The van der Waals surface area contributed by atoms with E-state index in [2.05, 4.69) is 97.7 Å². The van der Waals surface area contributed by atoms with Crippen LogP contribution in [0.15, 0.2) is 83.9 Å². The third-order valence-corrected chi connectivity index (χ3v) is 7.55. The van der Waals surface area contributed by atoms with E-state index in [0.717, 1.165) is 12.1 Å². The largest absolute Gasteiger partial charge is 0.411 e. The number of benzene rings is 3. The number of aliphatic imine (C=N–C) groups is 1. The summed E-state index contributed by atoms with van der Waals surface area (Å²) in [4.78, 5) is 4.30. The van der Waals surface area contributed by atoms with Gasteiger partial charge < -0.3 is 4.43 Å². The zero-order valence-electron chi connectivity index (χ0n) is 17.3. The SMILES string of the molecule is CC(C)(C)c1c(CCO[SiH](c2ccccc2)c2ccccc2)cccc1N=C=S. The Bertz CT molecular complexity index is 937. The molecule has 0 saturated carbocycles. The van der Waals surface area contributed by atoms with Crippen LogP contribution in [-0.2, 0) is 16.3 Å². The lowest BCUT2D eigenvalue weighted by Crippen LogP contribution is -2.45. The van der Waals surface area contributed by atoms with E-state index in [1.807, 2.05) is 12.1 Å². The number of rotatable bonds is 7. The van der Waals surface area contributed by atoms with Crippen LogP contribution >= 0.6 is 12.2 Å². The van der Waals surface area contributed by atoms with Gasteiger partial charge in [-0.1, -0.05) is 93.6 Å². The second kappa shape index (κ2) is 9.90. The van der Waals surface area contributed by atoms with Crippen molar-refractivity contribution in [1.82, 2.24) is 0 Å². The molecule has 3 rings (SSSR count). The molecular formula is C25H27NOSSi. The fourth-order valence-corrected chi connectivity index (χ4v) is 6.10. The van der Waals surface area contributed by atoms with E-state index in [0.29, 0.717) is 6.61 Å². The number of thiocarbonyl (C=S) groups is 1. The average molecular weight is 418 g/mol. The molecule has 3 aromatic rings. The van der Waals surface area contributed by atoms with E-state index in [1.165, 1.54) is 21.5 Å². The molecule has 0 spiro atoms. The minimum absolute atomic E-state index is 0.0305. The van der Waals surface area contributed by atoms with Crippen LogP contribution in [0.2, 0.25) is 0 Å². The Kier molecular flexibility index (Phi) is 7.29. The summed E-state index contributed by atoms with van der Waals surface area (Å²) in [7, 11) is -1.73. The van der Waals surface area contributed by atoms with Gasteiger partial charge in [0.05, 0.1) is 10.8 Å². The van der Waals surface area contributed by atoms with Crippen molar-refractivity contribution < 1.29 is 4.43 Å². The average Bonchev–Trinajstić information content (AvgIpc) is 2.72. The van der Waals surface area contributed by atoms with Gasteiger partial charge in [0.25, 0.3) is 0 Å². The van der Waals surface area contributed by atoms with Crippen LogP contribution in [0, 0.1) is 0 Å². The zero-order valence-corrected chi connectivity index (χ0v) is 19.2. The standard InChI is InChI=1S/C25H27NOSSi/c1-25(2,3)24-20(11-10-16-23(24)26-19-28)17-18-27-29(21-12-6-4-7-13-21)22-14-8-5-9-15-22/h4-16,29H,17-18H2,1-3H3. The van der Waals surface area contributed by atoms with Crippen molar-refractivity contribution in [3.8, 4) is 0 Å². The zero-order chi connectivity index (χ0) is 20.7. The van der Waals surface area contributed by atoms with Gasteiger partial charge in [0, 0.05) is 6.61 Å². The first-order valence-corrected chi connectivity index (χ1v) is 12.0. The van der Waals surface area contributed by atoms with Crippen LogP contribution in [0.3, 0.4) is 0 Å². The summed E-state index contributed by atoms with van der Waals surface area (Å²) >= 11 is 4.85. The summed E-state index contributed by atoms with van der Waals surface area (Å²) in [5.41, 5.74) is 3.36. The lowest BCUT2D eigenvalue weighted by atomic mass is 9.82. The molecular weight excluding hydrogens is 390 g/mol. The summed E-state index contributed by atoms with van der Waals surface area (Å²) in [6, 6.07) is 27.4. The highest BCUT2D eigenvalue weighted by Gasteiger charge is 2.22. The quantitative estimate of drug-likeness (QED) is 0.312. The lowest BCUT2D eigenvalue weighted by molar-refractivity contribution is 0.336. The molecule has 0 aliphatic rings. The van der Waals surface area contributed by atoms with Crippen LogP contribution in [0.1, 0.15) is 31.9 Å². The molecule has 4 heteroatoms. The molecule has 0 aromatic heterocycles. The Balaban J connectivity index is 1.84. The molecule has 148 valence electrons. The maximum atomic E-state index is 6.56. The third-order valence-electron chi connectivity index (χ3n) is 4.91. The van der Waals surface area contributed by atoms with Gasteiger partial charge in [-0.05, 0) is 51.6 Å². The molecule has 29 heavy (non-hydrogen) atoms. The number of hydrogen-bond acceptors (Lipinski definition) is 3. The van der Waals surface area contributed by atoms with Crippen molar-refractivity contribution in [3.63, 3.8) is 0 Å². The normalized spacial score (nSPS) is 11.3. The molecule has 3 aromatic carbocycles. The van der Waals surface area contributed by atoms with Crippen molar-refractivity contribution in [2.45, 2.75) is 32.6 Å². The first-order chi connectivity index (χ1) is 14.0. The fourth-order valence-electron chi connectivity index (χ4n) is 3.73. The van der Waals surface area contributed by atoms with Crippen LogP contribution in [0.5, 0.6) is 0 Å². The molecule has 0 unspecified atom stereocenters. The lowest BCUT2D eigenvalue weighted by Gasteiger charge is -2.25. The molecule has 2 nitrogen and oxygen atoms in total. The Labute approximate surface area is 181 Å². The second-order valence-electron chi connectivity index (χ2n) is 8.09. The second-order valence-corrected chi connectivity index (χ2v) is 10.7. The summed E-state index contributed by atoms with van der Waals surface area (Å²) in [5, 5.41) is 5.12. The highest BCUT2D eigenvalue weighted by Crippen LogP contribution is 2.34. The van der Waals surface area contributed by atoms with Gasteiger partial charge >= 0.3 is 0 Å². The number of hydrogen-bond donors (Lipinski definition) is 0. The molecule has 0 saturated heterocycles. The molecule has 0 radical (unpaired) electrons. The van der Waals surface area contributed by atoms with E-state index < -0.39 is 9.04 Å². The third kappa shape index (κ3) is 5.59. The van der Waals surface area contributed by atoms with Crippen LogP contribution in [0.4, 0.5) is 5.69 Å². The topological polar surface area (TPSA) is 21.6 Å². The van der Waals surface area contributed by atoms with Gasteiger partial charge in [-0.15, -0.1) is 0 Å². The number of nitrogens with zero attached hydrogens (tertiary/aromatic N) is 1. The predicted octanol–water partition coefficient (Wildman–Crippen LogP) is 4.82. The van der Waals surface area contributed by atoms with Gasteiger partial charge in [0.15, 0.2) is 0 Å². The van der Waals surface area contributed by atoms with E-state index in [-0.39, 0.29) is 5.41 Å². The van der Waals surface area contributed by atoms with Crippen LogP contribution < -0.4 is 10.4 Å². The summed E-state index contributed by atoms with van der Waals surface area (Å²) < 4.78 is 6.56. The van der Waals surface area contributed by atoms with Crippen molar-refractivity contribution in [3.05, 3.63) is 90.0 Å². The molecule has 0 N–H and O–H groups in total. The summed E-state index contributed by atoms with van der Waals surface area (Å²) in [6.07, 6.45) is 0.844. The minimum Gasteiger partial charge on any atom is -0.411 e. The van der Waals surface area contributed by atoms with Crippen molar-refractivity contribution in [2.24, 2.45) is 4.99 Å². The van der Waals surface area contributed by atoms with E-state index >= 15 is 0 Å². The van der Waals surface area contributed by atoms with Gasteiger partial charge in [0.1, 0.15) is 0 Å². The monoisotopic (exact) mass is 417 g/mol. The van der Waals surface area contributed by atoms with Gasteiger partial charge in [0.2, 0.25) is 9.04 Å². The minimum atomic E-state index is -1.73. The molecule has 0 amide bonds. The fraction of sp³-hybridized carbons (Fsp3) is 0.240. The molecule has 0 fully saturated rings. The van der Waals surface area contributed by atoms with Gasteiger partial charge in [-0.2, -0.15) is 4.99 Å². The maximum Gasteiger partial charge on any atom is 0.239 e. The summed E-state index contributed by atoms with van der Waals surface area (Å²) in [6.45, 7) is 7.30. The van der Waals surface area contributed by atoms with E-state index in [9.17, 15) is 0 Å². The first-order valence-electron chi connectivity index (χ1n) is 9.92. The van der Waals surface area contributed by atoms with Crippen LogP contribution in [-0.4, -0.2) is 20.8 Å². The van der Waals surface area contributed by atoms with E-state index in [1.54, 1.807) is 0 Å². The maximum absolute atomic E-state index is 6.56. The molecule has 0 aliphatic carbocycles. The highest BCUT2D eigenvalue weighted by molar-refractivity contribution is 7.78. The molecule has 0 aliphatic heterocycles. The Morgan fingerprint density at radius 3 is 1.97 bits per heavy atom.